The van der Waals surface area contributed by atoms with E-state index in [1.54, 1.807) is 12.1 Å². The fourth-order valence-corrected chi connectivity index (χ4v) is 1.83. The SMILES string of the molecule is CCc1cc(C(=O)O)cc(Nc2cc(C)ccc2F)n1. The van der Waals surface area contributed by atoms with E-state index < -0.39 is 11.8 Å². The maximum atomic E-state index is 13.7. The summed E-state index contributed by atoms with van der Waals surface area (Å²) in [6.45, 7) is 3.73. The summed E-state index contributed by atoms with van der Waals surface area (Å²) in [6, 6.07) is 7.58. The highest BCUT2D eigenvalue weighted by Crippen LogP contribution is 2.21. The zero-order valence-corrected chi connectivity index (χ0v) is 11.3. The molecule has 0 amide bonds. The summed E-state index contributed by atoms with van der Waals surface area (Å²) >= 11 is 0. The smallest absolute Gasteiger partial charge is 0.335 e. The van der Waals surface area contributed by atoms with Crippen molar-refractivity contribution in [2.24, 2.45) is 0 Å². The van der Waals surface area contributed by atoms with E-state index in [1.807, 2.05) is 13.8 Å². The second kappa shape index (κ2) is 5.69. The van der Waals surface area contributed by atoms with Crippen LogP contribution in [-0.4, -0.2) is 16.1 Å². The molecule has 4 nitrogen and oxygen atoms in total. The lowest BCUT2D eigenvalue weighted by atomic mass is 10.2. The predicted molar refractivity (Wildman–Crippen MR) is 75.0 cm³/mol. The number of carbonyl (C=O) groups is 1. The molecule has 0 atom stereocenters. The maximum absolute atomic E-state index is 13.7. The maximum Gasteiger partial charge on any atom is 0.335 e. The third-order valence-corrected chi connectivity index (χ3v) is 2.87. The Morgan fingerprint density at radius 2 is 2.10 bits per heavy atom. The van der Waals surface area contributed by atoms with Gasteiger partial charge >= 0.3 is 5.97 Å². The van der Waals surface area contributed by atoms with Crippen LogP contribution in [0.5, 0.6) is 0 Å². The zero-order chi connectivity index (χ0) is 14.7. The second-order valence-electron chi connectivity index (χ2n) is 4.50. The highest BCUT2D eigenvalue weighted by atomic mass is 19.1. The molecule has 104 valence electrons. The van der Waals surface area contributed by atoms with E-state index in [1.165, 1.54) is 18.2 Å². The largest absolute Gasteiger partial charge is 0.478 e. The molecule has 0 aliphatic carbocycles. The van der Waals surface area contributed by atoms with Crippen molar-refractivity contribution in [2.75, 3.05) is 5.32 Å². The molecule has 2 rings (SSSR count). The van der Waals surface area contributed by atoms with E-state index in [4.69, 9.17) is 5.11 Å². The van der Waals surface area contributed by atoms with Gasteiger partial charge in [-0.25, -0.2) is 14.2 Å². The van der Waals surface area contributed by atoms with Crippen molar-refractivity contribution in [1.82, 2.24) is 4.98 Å². The number of halogens is 1. The number of carboxylic acids is 1. The lowest BCUT2D eigenvalue weighted by Gasteiger charge is -2.10. The number of nitrogens with zero attached hydrogens (tertiary/aromatic N) is 1. The minimum absolute atomic E-state index is 0.132. The Hall–Kier alpha value is -2.43. The first-order valence-electron chi connectivity index (χ1n) is 6.27. The van der Waals surface area contributed by atoms with Crippen LogP contribution in [0.1, 0.15) is 28.5 Å². The number of rotatable bonds is 4. The molecule has 5 heteroatoms. The number of anilines is 2. The number of aromatic nitrogens is 1. The summed E-state index contributed by atoms with van der Waals surface area (Å²) < 4.78 is 13.7. The van der Waals surface area contributed by atoms with Crippen molar-refractivity contribution in [1.29, 1.82) is 0 Å². The molecule has 0 fully saturated rings. The van der Waals surface area contributed by atoms with Gasteiger partial charge in [0.25, 0.3) is 0 Å². The van der Waals surface area contributed by atoms with Gasteiger partial charge in [-0.2, -0.15) is 0 Å². The second-order valence-corrected chi connectivity index (χ2v) is 4.50. The number of hydrogen-bond donors (Lipinski definition) is 2. The van der Waals surface area contributed by atoms with Gasteiger partial charge < -0.3 is 10.4 Å². The molecule has 20 heavy (non-hydrogen) atoms. The van der Waals surface area contributed by atoms with Gasteiger partial charge in [0.2, 0.25) is 0 Å². The topological polar surface area (TPSA) is 62.2 Å². The molecule has 1 aromatic heterocycles. The quantitative estimate of drug-likeness (QED) is 0.895. The predicted octanol–water partition coefficient (Wildman–Crippen LogP) is 3.53. The van der Waals surface area contributed by atoms with Gasteiger partial charge in [-0.15, -0.1) is 0 Å². The van der Waals surface area contributed by atoms with Crippen LogP contribution >= 0.6 is 0 Å². The van der Waals surface area contributed by atoms with E-state index in [2.05, 4.69) is 10.3 Å². The van der Waals surface area contributed by atoms with E-state index in [0.29, 0.717) is 17.9 Å². The van der Waals surface area contributed by atoms with Gasteiger partial charge in [0.05, 0.1) is 11.3 Å². The third-order valence-electron chi connectivity index (χ3n) is 2.87. The average Bonchev–Trinajstić information content (AvgIpc) is 2.42. The van der Waals surface area contributed by atoms with Crippen LogP contribution in [-0.2, 0) is 6.42 Å². The van der Waals surface area contributed by atoms with Crippen molar-refractivity contribution in [3.63, 3.8) is 0 Å². The van der Waals surface area contributed by atoms with Crippen LogP contribution in [0.4, 0.5) is 15.9 Å². The monoisotopic (exact) mass is 274 g/mol. The van der Waals surface area contributed by atoms with E-state index in [-0.39, 0.29) is 11.3 Å². The fourth-order valence-electron chi connectivity index (χ4n) is 1.83. The molecule has 0 aliphatic rings. The molecule has 0 saturated heterocycles. The van der Waals surface area contributed by atoms with Gasteiger partial charge in [0.15, 0.2) is 0 Å². The number of hydrogen-bond acceptors (Lipinski definition) is 3. The van der Waals surface area contributed by atoms with Crippen LogP contribution in [0.2, 0.25) is 0 Å². The average molecular weight is 274 g/mol. The Bertz CT molecular complexity index is 656. The van der Waals surface area contributed by atoms with Crippen LogP contribution in [0, 0.1) is 12.7 Å². The fraction of sp³-hybridized carbons (Fsp3) is 0.200. The van der Waals surface area contributed by atoms with Crippen molar-refractivity contribution in [2.45, 2.75) is 20.3 Å². The molecule has 2 N–H and O–H groups in total. The zero-order valence-electron chi connectivity index (χ0n) is 11.3. The Morgan fingerprint density at radius 3 is 2.75 bits per heavy atom. The number of pyridine rings is 1. The first-order chi connectivity index (χ1) is 9.49. The number of carboxylic acid groups (broad SMARTS) is 1. The summed E-state index contributed by atoms with van der Waals surface area (Å²) in [5, 5.41) is 11.9. The molecule has 0 aliphatic heterocycles. The Kier molecular flexibility index (Phi) is 3.98. The molecule has 0 saturated carbocycles. The van der Waals surface area contributed by atoms with E-state index >= 15 is 0 Å². The van der Waals surface area contributed by atoms with Gasteiger partial charge in [0.1, 0.15) is 11.6 Å². The summed E-state index contributed by atoms with van der Waals surface area (Å²) in [4.78, 5) is 15.3. The Morgan fingerprint density at radius 1 is 1.35 bits per heavy atom. The van der Waals surface area contributed by atoms with Crippen molar-refractivity contribution in [3.05, 3.63) is 53.0 Å². The number of benzene rings is 1. The highest BCUT2D eigenvalue weighted by molar-refractivity contribution is 5.88. The molecule has 0 bridgehead atoms. The normalized spacial score (nSPS) is 10.3. The lowest BCUT2D eigenvalue weighted by molar-refractivity contribution is 0.0696. The molecular formula is C15H15FN2O2. The minimum atomic E-state index is -1.03. The van der Waals surface area contributed by atoms with Gasteiger partial charge in [-0.3, -0.25) is 0 Å². The molecule has 1 aromatic carbocycles. The molecule has 0 radical (unpaired) electrons. The molecule has 0 unspecified atom stereocenters. The third kappa shape index (κ3) is 3.12. The van der Waals surface area contributed by atoms with Gasteiger partial charge in [0, 0.05) is 5.69 Å². The number of aryl methyl sites for hydroxylation is 2. The minimum Gasteiger partial charge on any atom is -0.478 e. The lowest BCUT2D eigenvalue weighted by Crippen LogP contribution is -2.04. The first kappa shape index (κ1) is 14.0. The van der Waals surface area contributed by atoms with Crippen molar-refractivity contribution < 1.29 is 14.3 Å². The first-order valence-corrected chi connectivity index (χ1v) is 6.27. The molecule has 0 spiro atoms. The van der Waals surface area contributed by atoms with Gasteiger partial charge in [-0.05, 0) is 43.2 Å². The molecular weight excluding hydrogens is 259 g/mol. The summed E-state index contributed by atoms with van der Waals surface area (Å²) in [6.07, 6.45) is 0.603. The van der Waals surface area contributed by atoms with Gasteiger partial charge in [-0.1, -0.05) is 13.0 Å². The van der Waals surface area contributed by atoms with Crippen LogP contribution in [0.25, 0.3) is 0 Å². The van der Waals surface area contributed by atoms with Crippen LogP contribution in [0.3, 0.4) is 0 Å². The summed E-state index contributed by atoms with van der Waals surface area (Å²) in [7, 11) is 0. The van der Waals surface area contributed by atoms with E-state index in [9.17, 15) is 9.18 Å². The molecule has 2 aromatic rings. The van der Waals surface area contributed by atoms with Crippen molar-refractivity contribution in [3.8, 4) is 0 Å². The molecule has 1 heterocycles. The van der Waals surface area contributed by atoms with E-state index in [0.717, 1.165) is 5.56 Å². The highest BCUT2D eigenvalue weighted by Gasteiger charge is 2.09. The Balaban J connectivity index is 2.39. The Labute approximate surface area is 116 Å². The standard InChI is InChI=1S/C15H15FN2O2/c1-3-11-7-10(15(19)20)8-14(17-11)18-13-6-9(2)4-5-12(13)16/h4-8H,3H2,1-2H3,(H,17,18)(H,19,20). The van der Waals surface area contributed by atoms with Crippen LogP contribution < -0.4 is 5.32 Å². The number of nitrogens with one attached hydrogen (secondary N) is 1. The summed E-state index contributed by atoms with van der Waals surface area (Å²) in [5.41, 5.74) is 1.95. The summed E-state index contributed by atoms with van der Waals surface area (Å²) in [5.74, 6) is -1.11. The van der Waals surface area contributed by atoms with Crippen LogP contribution in [0.15, 0.2) is 30.3 Å². The number of aromatic carboxylic acids is 1. The van der Waals surface area contributed by atoms with Crippen molar-refractivity contribution >= 4 is 17.5 Å².